The minimum absolute atomic E-state index is 0.382. The van der Waals surface area contributed by atoms with Crippen molar-refractivity contribution in [1.82, 2.24) is 4.90 Å². The van der Waals surface area contributed by atoms with Crippen molar-refractivity contribution in [3.63, 3.8) is 0 Å². The third kappa shape index (κ3) is 3.41. The molecule has 82 valence electrons. The Bertz CT molecular complexity index is 181. The highest BCUT2D eigenvalue weighted by atomic mass is 16.1. The minimum atomic E-state index is 0.382. The molecule has 1 saturated heterocycles. The average Bonchev–Trinajstić information content (AvgIpc) is 2.18. The molecule has 0 spiro atoms. The van der Waals surface area contributed by atoms with Crippen molar-refractivity contribution in [2.75, 3.05) is 19.6 Å². The molecule has 0 radical (unpaired) electrons. The maximum absolute atomic E-state index is 11.3. The zero-order valence-electron chi connectivity index (χ0n) is 9.75. The Morgan fingerprint density at radius 1 is 1.36 bits per heavy atom. The summed E-state index contributed by atoms with van der Waals surface area (Å²) in [5.41, 5.74) is 0. The molecule has 1 fully saturated rings. The van der Waals surface area contributed by atoms with E-state index in [1.54, 1.807) is 0 Å². The molecule has 0 amide bonds. The number of hydrogen-bond acceptors (Lipinski definition) is 2. The minimum Gasteiger partial charge on any atom is -0.298 e. The van der Waals surface area contributed by atoms with Crippen LogP contribution in [0.15, 0.2) is 0 Å². The molecule has 0 saturated carbocycles. The Balaban J connectivity index is 2.25. The van der Waals surface area contributed by atoms with Crippen LogP contribution in [-0.4, -0.2) is 30.3 Å². The first-order valence-corrected chi connectivity index (χ1v) is 5.87. The molecule has 1 aliphatic heterocycles. The predicted molar refractivity (Wildman–Crippen MR) is 59.3 cm³/mol. The van der Waals surface area contributed by atoms with Crippen LogP contribution in [0.5, 0.6) is 0 Å². The standard InChI is InChI=1S/C12H23NO/c1-4-12(14)9-13-7-5-11(6-8-13)10(2)3/h10-11H,4-9H2,1-3H3. The summed E-state index contributed by atoms with van der Waals surface area (Å²) in [6, 6.07) is 0. The fraction of sp³-hybridized carbons (Fsp3) is 0.917. The van der Waals surface area contributed by atoms with Gasteiger partial charge in [0.05, 0.1) is 6.54 Å². The van der Waals surface area contributed by atoms with E-state index in [1.807, 2.05) is 6.92 Å². The van der Waals surface area contributed by atoms with Crippen molar-refractivity contribution in [3.8, 4) is 0 Å². The molecular weight excluding hydrogens is 174 g/mol. The molecule has 0 aromatic heterocycles. The first-order chi connectivity index (χ1) is 6.63. The maximum Gasteiger partial charge on any atom is 0.146 e. The molecule has 1 aliphatic rings. The molecular formula is C12H23NO. The molecule has 2 nitrogen and oxygen atoms in total. The first kappa shape index (κ1) is 11.7. The smallest absolute Gasteiger partial charge is 0.146 e. The van der Waals surface area contributed by atoms with Crippen LogP contribution in [0, 0.1) is 11.8 Å². The number of carbonyl (C=O) groups excluding carboxylic acids is 1. The summed E-state index contributed by atoms with van der Waals surface area (Å²) in [7, 11) is 0. The van der Waals surface area contributed by atoms with Gasteiger partial charge in [0, 0.05) is 6.42 Å². The van der Waals surface area contributed by atoms with Gasteiger partial charge in [-0.2, -0.15) is 0 Å². The van der Waals surface area contributed by atoms with Gasteiger partial charge in [0.2, 0.25) is 0 Å². The third-order valence-corrected chi connectivity index (χ3v) is 3.37. The number of nitrogens with zero attached hydrogens (tertiary/aromatic N) is 1. The normalized spacial score (nSPS) is 20.3. The van der Waals surface area contributed by atoms with E-state index in [1.165, 1.54) is 12.8 Å². The van der Waals surface area contributed by atoms with Gasteiger partial charge in [0.15, 0.2) is 0 Å². The Morgan fingerprint density at radius 3 is 2.36 bits per heavy atom. The van der Waals surface area contributed by atoms with E-state index in [-0.39, 0.29) is 0 Å². The van der Waals surface area contributed by atoms with E-state index in [2.05, 4.69) is 18.7 Å². The lowest BCUT2D eigenvalue weighted by atomic mass is 9.87. The van der Waals surface area contributed by atoms with E-state index in [9.17, 15) is 4.79 Å². The monoisotopic (exact) mass is 197 g/mol. The summed E-state index contributed by atoms with van der Waals surface area (Å²) in [5, 5.41) is 0. The summed E-state index contributed by atoms with van der Waals surface area (Å²) >= 11 is 0. The molecule has 14 heavy (non-hydrogen) atoms. The van der Waals surface area contributed by atoms with Gasteiger partial charge in [-0.05, 0) is 37.8 Å². The maximum atomic E-state index is 11.3. The van der Waals surface area contributed by atoms with Crippen LogP contribution in [0.1, 0.15) is 40.0 Å². The molecule has 1 heterocycles. The Morgan fingerprint density at radius 2 is 1.93 bits per heavy atom. The van der Waals surface area contributed by atoms with Crippen LogP contribution >= 0.6 is 0 Å². The predicted octanol–water partition coefficient (Wildman–Crippen LogP) is 2.33. The highest BCUT2D eigenvalue weighted by Gasteiger charge is 2.22. The van der Waals surface area contributed by atoms with E-state index in [0.29, 0.717) is 18.7 Å². The molecule has 0 aromatic carbocycles. The second kappa shape index (κ2) is 5.50. The molecule has 0 unspecified atom stereocenters. The van der Waals surface area contributed by atoms with Crippen LogP contribution in [0.25, 0.3) is 0 Å². The molecule has 0 bridgehead atoms. The zero-order valence-corrected chi connectivity index (χ0v) is 9.75. The lowest BCUT2D eigenvalue weighted by Crippen LogP contribution is -2.38. The summed E-state index contributed by atoms with van der Waals surface area (Å²) in [6.07, 6.45) is 3.23. The number of piperidine rings is 1. The Labute approximate surface area is 87.7 Å². The van der Waals surface area contributed by atoms with E-state index in [0.717, 1.165) is 24.9 Å². The van der Waals surface area contributed by atoms with Gasteiger partial charge >= 0.3 is 0 Å². The fourth-order valence-corrected chi connectivity index (χ4v) is 2.14. The lowest BCUT2D eigenvalue weighted by molar-refractivity contribution is -0.120. The van der Waals surface area contributed by atoms with Crippen LogP contribution in [0.4, 0.5) is 0 Å². The highest BCUT2D eigenvalue weighted by Crippen LogP contribution is 2.24. The van der Waals surface area contributed by atoms with Crippen molar-refractivity contribution >= 4 is 5.78 Å². The second-order valence-electron chi connectivity index (χ2n) is 4.75. The number of likely N-dealkylation sites (tertiary alicyclic amines) is 1. The van der Waals surface area contributed by atoms with Gasteiger partial charge in [0.25, 0.3) is 0 Å². The Kier molecular flexibility index (Phi) is 4.59. The summed E-state index contributed by atoms with van der Waals surface area (Å²) in [4.78, 5) is 13.6. The van der Waals surface area contributed by atoms with E-state index in [4.69, 9.17) is 0 Å². The van der Waals surface area contributed by atoms with Gasteiger partial charge in [-0.25, -0.2) is 0 Å². The zero-order chi connectivity index (χ0) is 10.6. The molecule has 0 aliphatic carbocycles. The van der Waals surface area contributed by atoms with Crippen molar-refractivity contribution in [3.05, 3.63) is 0 Å². The molecule has 0 N–H and O–H groups in total. The number of carbonyl (C=O) groups is 1. The van der Waals surface area contributed by atoms with Gasteiger partial charge in [-0.15, -0.1) is 0 Å². The largest absolute Gasteiger partial charge is 0.298 e. The lowest BCUT2D eigenvalue weighted by Gasteiger charge is -2.33. The molecule has 1 rings (SSSR count). The van der Waals surface area contributed by atoms with Gasteiger partial charge in [-0.3, -0.25) is 9.69 Å². The second-order valence-corrected chi connectivity index (χ2v) is 4.75. The van der Waals surface area contributed by atoms with Crippen molar-refractivity contribution in [1.29, 1.82) is 0 Å². The molecule has 2 heteroatoms. The van der Waals surface area contributed by atoms with Crippen LogP contribution in [0.2, 0.25) is 0 Å². The van der Waals surface area contributed by atoms with Gasteiger partial charge in [0.1, 0.15) is 5.78 Å². The highest BCUT2D eigenvalue weighted by molar-refractivity contribution is 5.80. The number of hydrogen-bond donors (Lipinski definition) is 0. The van der Waals surface area contributed by atoms with Crippen LogP contribution in [0.3, 0.4) is 0 Å². The van der Waals surface area contributed by atoms with Crippen molar-refractivity contribution in [2.45, 2.75) is 40.0 Å². The fourth-order valence-electron chi connectivity index (χ4n) is 2.14. The SMILES string of the molecule is CCC(=O)CN1CCC(C(C)C)CC1. The number of Topliss-reactive ketones (excluding diaryl/α,β-unsaturated/α-hetero) is 1. The summed E-state index contributed by atoms with van der Waals surface area (Å²) in [6.45, 7) is 9.47. The van der Waals surface area contributed by atoms with Crippen LogP contribution in [-0.2, 0) is 4.79 Å². The molecule has 0 aromatic rings. The van der Waals surface area contributed by atoms with E-state index < -0.39 is 0 Å². The quantitative estimate of drug-likeness (QED) is 0.689. The van der Waals surface area contributed by atoms with E-state index >= 15 is 0 Å². The number of ketones is 1. The van der Waals surface area contributed by atoms with Gasteiger partial charge in [-0.1, -0.05) is 20.8 Å². The first-order valence-electron chi connectivity index (χ1n) is 5.87. The topological polar surface area (TPSA) is 20.3 Å². The van der Waals surface area contributed by atoms with Crippen LogP contribution < -0.4 is 0 Å². The average molecular weight is 197 g/mol. The number of rotatable bonds is 4. The van der Waals surface area contributed by atoms with Crippen molar-refractivity contribution < 1.29 is 4.79 Å². The van der Waals surface area contributed by atoms with Crippen molar-refractivity contribution in [2.24, 2.45) is 11.8 Å². The summed E-state index contributed by atoms with van der Waals surface area (Å²) in [5.74, 6) is 2.06. The Hall–Kier alpha value is -0.370. The summed E-state index contributed by atoms with van der Waals surface area (Å²) < 4.78 is 0. The third-order valence-electron chi connectivity index (χ3n) is 3.37. The van der Waals surface area contributed by atoms with Gasteiger partial charge < -0.3 is 0 Å². The molecule has 0 atom stereocenters.